The van der Waals surface area contributed by atoms with E-state index in [1.165, 1.54) is 0 Å². The predicted molar refractivity (Wildman–Crippen MR) is 107 cm³/mol. The van der Waals surface area contributed by atoms with Crippen LogP contribution < -0.4 is 0 Å². The molecular weight excluding hydrogens is 338 g/mol. The van der Waals surface area contributed by atoms with Crippen LogP contribution in [0.3, 0.4) is 0 Å². The molecule has 27 heavy (non-hydrogen) atoms. The molecular formula is C22H29N3O2. The molecule has 0 aliphatic carbocycles. The number of hydrogen-bond acceptors (Lipinski definition) is 4. The summed E-state index contributed by atoms with van der Waals surface area (Å²) in [4.78, 5) is 14.9. The maximum atomic E-state index is 12.6. The number of ether oxygens (including phenoxy) is 1. The second-order valence-electron chi connectivity index (χ2n) is 8.50. The summed E-state index contributed by atoms with van der Waals surface area (Å²) >= 11 is 0. The minimum Gasteiger partial charge on any atom is -0.443 e. The second-order valence-corrected chi connectivity index (χ2v) is 8.50. The topological polar surface area (TPSA) is 58.3 Å². The number of hydrogen-bond donors (Lipinski definition) is 0. The van der Waals surface area contributed by atoms with Gasteiger partial charge in [-0.1, -0.05) is 25.1 Å². The Labute approximate surface area is 161 Å². The lowest BCUT2D eigenvalue weighted by Crippen LogP contribution is -2.44. The van der Waals surface area contributed by atoms with Crippen LogP contribution in [0.2, 0.25) is 0 Å². The van der Waals surface area contributed by atoms with E-state index in [0.717, 1.165) is 48.8 Å². The van der Waals surface area contributed by atoms with Gasteiger partial charge in [0.25, 0.3) is 0 Å². The van der Waals surface area contributed by atoms with Gasteiger partial charge in [0.05, 0.1) is 11.6 Å². The van der Waals surface area contributed by atoms with Gasteiger partial charge in [-0.05, 0) is 64.1 Å². The number of rotatable bonds is 3. The number of nitrogens with zero attached hydrogens (tertiary/aromatic N) is 3. The summed E-state index contributed by atoms with van der Waals surface area (Å²) in [5.74, 6) is 0.409. The van der Waals surface area contributed by atoms with Crippen LogP contribution in [-0.2, 0) is 11.2 Å². The van der Waals surface area contributed by atoms with Crippen molar-refractivity contribution in [1.82, 2.24) is 9.47 Å². The highest BCUT2D eigenvalue weighted by molar-refractivity contribution is 5.92. The van der Waals surface area contributed by atoms with Crippen LogP contribution in [0.4, 0.5) is 4.79 Å². The molecule has 5 nitrogen and oxygen atoms in total. The van der Waals surface area contributed by atoms with Gasteiger partial charge in [0, 0.05) is 18.1 Å². The Bertz CT molecular complexity index is 857. The standard InChI is InChI=1S/C22H29N3O2/c1-16-8-7-12-24(20(16)14-23)13-11-17-15-25(21(26)27-22(2,3)4)19-10-6-5-9-18(17)19/h5-6,9-10,15-16,20H,7-8,11-13H2,1-4H3. The van der Waals surface area contributed by atoms with E-state index in [9.17, 15) is 10.1 Å². The highest BCUT2D eigenvalue weighted by atomic mass is 16.6. The highest BCUT2D eigenvalue weighted by Gasteiger charge is 2.28. The first kappa shape index (κ1) is 19.4. The average Bonchev–Trinajstić information content (AvgIpc) is 2.97. The normalized spacial score (nSPS) is 21.1. The highest BCUT2D eigenvalue weighted by Crippen LogP contribution is 2.26. The number of carbonyl (C=O) groups is 1. The Balaban J connectivity index is 1.83. The molecule has 3 rings (SSSR count). The van der Waals surface area contributed by atoms with Crippen LogP contribution >= 0.6 is 0 Å². The lowest BCUT2D eigenvalue weighted by atomic mass is 9.91. The molecule has 2 heterocycles. The Hall–Kier alpha value is -2.32. The second kappa shape index (κ2) is 7.74. The third-order valence-corrected chi connectivity index (χ3v) is 5.22. The van der Waals surface area contributed by atoms with E-state index in [-0.39, 0.29) is 12.1 Å². The summed E-state index contributed by atoms with van der Waals surface area (Å²) in [6, 6.07) is 10.4. The van der Waals surface area contributed by atoms with Gasteiger partial charge >= 0.3 is 6.09 Å². The zero-order valence-corrected chi connectivity index (χ0v) is 16.7. The molecule has 2 unspecified atom stereocenters. The number of piperidine rings is 1. The van der Waals surface area contributed by atoms with Gasteiger partial charge in [-0.15, -0.1) is 0 Å². The van der Waals surface area contributed by atoms with Crippen molar-refractivity contribution in [1.29, 1.82) is 5.26 Å². The van der Waals surface area contributed by atoms with Crippen molar-refractivity contribution in [3.05, 3.63) is 36.0 Å². The third-order valence-electron chi connectivity index (χ3n) is 5.22. The van der Waals surface area contributed by atoms with Gasteiger partial charge in [-0.25, -0.2) is 4.79 Å². The van der Waals surface area contributed by atoms with E-state index in [1.807, 2.05) is 51.2 Å². The Morgan fingerprint density at radius 1 is 1.33 bits per heavy atom. The van der Waals surface area contributed by atoms with E-state index < -0.39 is 5.60 Å². The smallest absolute Gasteiger partial charge is 0.419 e. The van der Waals surface area contributed by atoms with E-state index in [4.69, 9.17) is 4.74 Å². The quantitative estimate of drug-likeness (QED) is 0.796. The monoisotopic (exact) mass is 367 g/mol. The van der Waals surface area contributed by atoms with E-state index in [0.29, 0.717) is 5.92 Å². The zero-order valence-electron chi connectivity index (χ0n) is 16.7. The van der Waals surface area contributed by atoms with Crippen LogP contribution in [0, 0.1) is 17.2 Å². The average molecular weight is 367 g/mol. The van der Waals surface area contributed by atoms with Crippen LogP contribution in [0.1, 0.15) is 46.1 Å². The Morgan fingerprint density at radius 2 is 2.07 bits per heavy atom. The molecule has 1 aromatic heterocycles. The van der Waals surface area contributed by atoms with E-state index in [1.54, 1.807) is 4.57 Å². The summed E-state index contributed by atoms with van der Waals surface area (Å²) in [7, 11) is 0. The van der Waals surface area contributed by atoms with Crippen molar-refractivity contribution in [3.63, 3.8) is 0 Å². The Kier molecular flexibility index (Phi) is 5.57. The zero-order chi connectivity index (χ0) is 19.6. The molecule has 0 amide bonds. The Morgan fingerprint density at radius 3 is 2.78 bits per heavy atom. The summed E-state index contributed by atoms with van der Waals surface area (Å²) in [5.41, 5.74) is 1.45. The molecule has 0 spiro atoms. The van der Waals surface area contributed by atoms with Gasteiger partial charge in [0.15, 0.2) is 0 Å². The summed E-state index contributed by atoms with van der Waals surface area (Å²) in [6.07, 6.45) is 4.60. The first-order valence-corrected chi connectivity index (χ1v) is 9.76. The molecule has 0 radical (unpaired) electrons. The maximum Gasteiger partial charge on any atom is 0.419 e. The van der Waals surface area contributed by atoms with Crippen molar-refractivity contribution < 1.29 is 9.53 Å². The first-order valence-electron chi connectivity index (χ1n) is 9.76. The molecule has 2 atom stereocenters. The fraction of sp³-hybridized carbons (Fsp3) is 0.545. The van der Waals surface area contributed by atoms with Crippen molar-refractivity contribution in [2.24, 2.45) is 5.92 Å². The molecule has 1 aromatic carbocycles. The fourth-order valence-corrected chi connectivity index (χ4v) is 3.91. The minimum atomic E-state index is -0.535. The van der Waals surface area contributed by atoms with Gasteiger partial charge in [0.1, 0.15) is 11.6 Å². The van der Waals surface area contributed by atoms with E-state index >= 15 is 0 Å². The van der Waals surface area contributed by atoms with E-state index in [2.05, 4.69) is 17.9 Å². The van der Waals surface area contributed by atoms with Gasteiger partial charge < -0.3 is 4.74 Å². The lowest BCUT2D eigenvalue weighted by Gasteiger charge is -2.35. The number of nitriles is 1. The molecule has 0 saturated carbocycles. The summed E-state index contributed by atoms with van der Waals surface area (Å²) in [6.45, 7) is 9.57. The molecule has 1 aliphatic heterocycles. The number of carbonyl (C=O) groups excluding carboxylic acids is 1. The van der Waals surface area contributed by atoms with Crippen LogP contribution in [0.15, 0.2) is 30.5 Å². The molecule has 1 fully saturated rings. The predicted octanol–water partition coefficient (Wildman–Crippen LogP) is 4.59. The number of aromatic nitrogens is 1. The molecule has 144 valence electrons. The van der Waals surface area contributed by atoms with Crippen LogP contribution in [0.25, 0.3) is 10.9 Å². The number of likely N-dealkylation sites (tertiary alicyclic amines) is 1. The number of benzene rings is 1. The largest absolute Gasteiger partial charge is 0.443 e. The molecule has 2 aromatic rings. The number of para-hydroxylation sites is 1. The van der Waals surface area contributed by atoms with Crippen molar-refractivity contribution in [2.75, 3.05) is 13.1 Å². The fourth-order valence-electron chi connectivity index (χ4n) is 3.91. The van der Waals surface area contributed by atoms with Crippen molar-refractivity contribution in [2.45, 2.75) is 58.6 Å². The summed E-state index contributed by atoms with van der Waals surface area (Å²) in [5, 5.41) is 10.6. The molecule has 1 saturated heterocycles. The van der Waals surface area contributed by atoms with Crippen LogP contribution in [-0.4, -0.2) is 40.3 Å². The SMILES string of the molecule is CC1CCCN(CCc2cn(C(=O)OC(C)(C)C)c3ccccc23)C1C#N. The van der Waals surface area contributed by atoms with Crippen LogP contribution in [0.5, 0.6) is 0 Å². The minimum absolute atomic E-state index is 0.0158. The molecule has 0 bridgehead atoms. The van der Waals surface area contributed by atoms with Crippen molar-refractivity contribution >= 4 is 17.0 Å². The lowest BCUT2D eigenvalue weighted by molar-refractivity contribution is 0.0544. The number of fused-ring (bicyclic) bond motifs is 1. The summed E-state index contributed by atoms with van der Waals surface area (Å²) < 4.78 is 7.17. The molecule has 1 aliphatic rings. The first-order chi connectivity index (χ1) is 12.8. The maximum absolute atomic E-state index is 12.6. The van der Waals surface area contributed by atoms with Gasteiger partial charge in [-0.3, -0.25) is 9.47 Å². The van der Waals surface area contributed by atoms with Crippen molar-refractivity contribution in [3.8, 4) is 6.07 Å². The van der Waals surface area contributed by atoms with Gasteiger partial charge in [0.2, 0.25) is 0 Å². The third kappa shape index (κ3) is 4.33. The van der Waals surface area contributed by atoms with Gasteiger partial charge in [-0.2, -0.15) is 5.26 Å². The molecule has 5 heteroatoms. The molecule has 0 N–H and O–H groups in total.